The first kappa shape index (κ1) is 34.7. The predicted octanol–water partition coefficient (Wildman–Crippen LogP) is 14.5. The Bertz CT molecular complexity index is 3140. The van der Waals surface area contributed by atoms with Crippen LogP contribution < -0.4 is 0 Å². The van der Waals surface area contributed by atoms with Gasteiger partial charge in [-0.1, -0.05) is 196 Å². The van der Waals surface area contributed by atoms with E-state index in [9.17, 15) is 0 Å². The highest BCUT2D eigenvalue weighted by atomic mass is 15.0. The number of aromatic nitrogens is 3. The number of rotatable bonds is 6. The fourth-order valence-corrected chi connectivity index (χ4v) is 9.23. The Kier molecular flexibility index (Phi) is 8.16. The van der Waals surface area contributed by atoms with Crippen molar-refractivity contribution in [1.82, 2.24) is 15.0 Å². The van der Waals surface area contributed by atoms with E-state index in [-0.39, 0.29) is 5.41 Å². The van der Waals surface area contributed by atoms with Gasteiger partial charge < -0.3 is 0 Å². The Morgan fingerprint density at radius 2 is 0.729 bits per heavy atom. The first-order chi connectivity index (χ1) is 29.0. The highest BCUT2D eigenvalue weighted by Crippen LogP contribution is 2.51. The third-order valence-corrected chi connectivity index (χ3v) is 12.1. The van der Waals surface area contributed by atoms with Crippen molar-refractivity contribution in [1.29, 1.82) is 0 Å². The third kappa shape index (κ3) is 5.85. The van der Waals surface area contributed by atoms with Crippen LogP contribution in [-0.2, 0) is 5.41 Å². The first-order valence-corrected chi connectivity index (χ1v) is 20.3. The van der Waals surface area contributed by atoms with E-state index in [1.54, 1.807) is 0 Å². The zero-order valence-electron chi connectivity index (χ0n) is 32.9. The smallest absolute Gasteiger partial charge is 0.165 e. The lowest BCUT2D eigenvalue weighted by Crippen LogP contribution is -2.14. The maximum Gasteiger partial charge on any atom is 0.165 e. The minimum atomic E-state index is -0.0979. The topological polar surface area (TPSA) is 38.7 Å². The lowest BCUT2D eigenvalue weighted by molar-refractivity contribution is 0.660. The molecule has 0 N–H and O–H groups in total. The van der Waals surface area contributed by atoms with E-state index in [2.05, 4.69) is 202 Å². The Morgan fingerprint density at radius 1 is 0.288 bits per heavy atom. The van der Waals surface area contributed by atoms with Crippen LogP contribution in [0, 0.1) is 0 Å². The van der Waals surface area contributed by atoms with Crippen LogP contribution in [0.4, 0.5) is 0 Å². The molecule has 0 fully saturated rings. The molecule has 0 amide bonds. The normalized spacial score (nSPS) is 12.7. The van der Waals surface area contributed by atoms with Gasteiger partial charge in [0.25, 0.3) is 0 Å². The van der Waals surface area contributed by atoms with E-state index in [0.717, 1.165) is 66.2 Å². The van der Waals surface area contributed by atoms with Gasteiger partial charge in [0, 0.05) is 27.7 Å². The van der Waals surface area contributed by atoms with Gasteiger partial charge in [0.1, 0.15) is 0 Å². The van der Waals surface area contributed by atoms with Gasteiger partial charge in [-0.3, -0.25) is 0 Å². The largest absolute Gasteiger partial charge is 0.208 e. The quantitative estimate of drug-likeness (QED) is 0.159. The molecule has 1 heterocycles. The zero-order valence-corrected chi connectivity index (χ0v) is 32.9. The van der Waals surface area contributed by atoms with E-state index >= 15 is 0 Å². The molecule has 3 nitrogen and oxygen atoms in total. The van der Waals surface area contributed by atoms with Crippen LogP contribution >= 0.6 is 0 Å². The fourth-order valence-electron chi connectivity index (χ4n) is 9.23. The highest BCUT2D eigenvalue weighted by Gasteiger charge is 2.35. The molecule has 0 radical (unpaired) electrons. The monoisotopic (exact) mass is 753 g/mol. The van der Waals surface area contributed by atoms with Crippen LogP contribution in [0.3, 0.4) is 0 Å². The van der Waals surface area contributed by atoms with Crippen LogP contribution in [0.15, 0.2) is 200 Å². The molecule has 0 unspecified atom stereocenters. The average Bonchev–Trinajstić information content (AvgIpc) is 3.54. The predicted molar refractivity (Wildman–Crippen MR) is 245 cm³/mol. The lowest BCUT2D eigenvalue weighted by Gasteiger charge is -2.22. The summed E-state index contributed by atoms with van der Waals surface area (Å²) in [7, 11) is 0. The molecule has 9 aromatic carbocycles. The molecule has 278 valence electrons. The third-order valence-electron chi connectivity index (χ3n) is 12.1. The molecular formula is C56H39N3. The summed E-state index contributed by atoms with van der Waals surface area (Å²) in [5, 5.41) is 4.62. The van der Waals surface area contributed by atoms with E-state index in [1.807, 2.05) is 12.1 Å². The number of nitrogens with zero attached hydrogens (tertiary/aromatic N) is 3. The zero-order chi connectivity index (χ0) is 39.5. The van der Waals surface area contributed by atoms with Crippen molar-refractivity contribution in [3.63, 3.8) is 0 Å². The summed E-state index contributed by atoms with van der Waals surface area (Å²) in [5.41, 5.74) is 14.8. The second kappa shape index (κ2) is 13.9. The number of fused-ring (bicyclic) bond motifs is 6. The van der Waals surface area contributed by atoms with Crippen molar-refractivity contribution < 1.29 is 0 Å². The first-order valence-electron chi connectivity index (χ1n) is 20.3. The van der Waals surface area contributed by atoms with Gasteiger partial charge in [-0.25, -0.2) is 15.0 Å². The minimum Gasteiger partial charge on any atom is -0.208 e. The molecule has 0 bridgehead atoms. The van der Waals surface area contributed by atoms with Crippen molar-refractivity contribution in [2.45, 2.75) is 19.3 Å². The Labute approximate surface area is 344 Å². The average molecular weight is 754 g/mol. The van der Waals surface area contributed by atoms with Gasteiger partial charge in [-0.2, -0.15) is 0 Å². The maximum absolute atomic E-state index is 5.47. The standard InChI is InChI=1S/C56H39N3/c1-56(2)49-30-14-13-27-45(49)48-35-40(31-32-50(48)56)51-46-28-11-9-25-43(46)44-26-10-12-29-47(44)52(51)55-58-53(41-23-15-21-38(33-41)36-17-5-3-6-18-36)57-54(59-55)42-24-16-22-39(34-42)37-19-7-4-8-20-37/h3-35H,1-2H3. The highest BCUT2D eigenvalue weighted by molar-refractivity contribution is 6.21. The van der Waals surface area contributed by atoms with Gasteiger partial charge in [-0.15, -0.1) is 0 Å². The van der Waals surface area contributed by atoms with E-state index < -0.39 is 0 Å². The molecule has 1 aliphatic carbocycles. The molecule has 1 aliphatic rings. The van der Waals surface area contributed by atoms with Crippen LogP contribution in [0.2, 0.25) is 0 Å². The Morgan fingerprint density at radius 3 is 1.32 bits per heavy atom. The molecule has 59 heavy (non-hydrogen) atoms. The summed E-state index contributed by atoms with van der Waals surface area (Å²) < 4.78 is 0. The van der Waals surface area contributed by atoms with Crippen molar-refractivity contribution in [2.75, 3.05) is 0 Å². The Hall–Kier alpha value is -7.49. The van der Waals surface area contributed by atoms with Crippen molar-refractivity contribution in [3.05, 3.63) is 211 Å². The molecule has 11 rings (SSSR count). The van der Waals surface area contributed by atoms with Gasteiger partial charge in [0.15, 0.2) is 17.5 Å². The summed E-state index contributed by atoms with van der Waals surface area (Å²) in [6.07, 6.45) is 0. The van der Waals surface area contributed by atoms with E-state index in [0.29, 0.717) is 17.5 Å². The molecule has 0 atom stereocenters. The fraction of sp³-hybridized carbons (Fsp3) is 0.0536. The molecule has 1 aromatic heterocycles. The van der Waals surface area contributed by atoms with Crippen LogP contribution in [0.1, 0.15) is 25.0 Å². The second-order valence-electron chi connectivity index (χ2n) is 16.0. The van der Waals surface area contributed by atoms with Crippen LogP contribution in [-0.4, -0.2) is 15.0 Å². The number of hydrogen-bond donors (Lipinski definition) is 0. The Balaban J connectivity index is 1.21. The van der Waals surface area contributed by atoms with Crippen LogP contribution in [0.25, 0.3) is 100 Å². The molecule has 0 saturated heterocycles. The summed E-state index contributed by atoms with van der Waals surface area (Å²) in [6, 6.07) is 71.4. The molecule has 3 heteroatoms. The van der Waals surface area contributed by atoms with Crippen LogP contribution in [0.5, 0.6) is 0 Å². The van der Waals surface area contributed by atoms with Gasteiger partial charge >= 0.3 is 0 Å². The molecule has 0 aliphatic heterocycles. The van der Waals surface area contributed by atoms with Gasteiger partial charge in [0.05, 0.1) is 0 Å². The number of benzene rings is 9. The lowest BCUT2D eigenvalue weighted by atomic mass is 9.81. The maximum atomic E-state index is 5.47. The van der Waals surface area contributed by atoms with E-state index in [1.165, 1.54) is 27.6 Å². The molecule has 10 aromatic rings. The van der Waals surface area contributed by atoms with E-state index in [4.69, 9.17) is 15.0 Å². The molecule has 0 saturated carbocycles. The van der Waals surface area contributed by atoms with Gasteiger partial charge in [-0.05, 0) is 89.8 Å². The minimum absolute atomic E-state index is 0.0979. The summed E-state index contributed by atoms with van der Waals surface area (Å²) in [5.74, 6) is 1.89. The summed E-state index contributed by atoms with van der Waals surface area (Å²) in [4.78, 5) is 16.2. The second-order valence-corrected chi connectivity index (χ2v) is 16.0. The molecular weight excluding hydrogens is 715 g/mol. The SMILES string of the molecule is CC1(C)c2ccccc2-c2cc(-c3c(-c4nc(-c5cccc(-c6ccccc6)c5)nc(-c5cccc(-c6ccccc6)c5)n4)c4ccccc4c4ccccc34)ccc21. The van der Waals surface area contributed by atoms with Crippen molar-refractivity contribution in [2.24, 2.45) is 0 Å². The van der Waals surface area contributed by atoms with Crippen molar-refractivity contribution in [3.8, 4) is 78.7 Å². The van der Waals surface area contributed by atoms with Gasteiger partial charge in [0.2, 0.25) is 0 Å². The van der Waals surface area contributed by atoms with Crippen molar-refractivity contribution >= 4 is 21.5 Å². The summed E-state index contributed by atoms with van der Waals surface area (Å²) >= 11 is 0. The summed E-state index contributed by atoms with van der Waals surface area (Å²) in [6.45, 7) is 4.67. The number of hydrogen-bond acceptors (Lipinski definition) is 3. The molecule has 0 spiro atoms.